The van der Waals surface area contributed by atoms with Crippen LogP contribution in [0.5, 0.6) is 0 Å². The lowest BCUT2D eigenvalue weighted by atomic mass is 9.84. The molecule has 2 unspecified atom stereocenters. The van der Waals surface area contributed by atoms with Gasteiger partial charge in [-0.25, -0.2) is 0 Å². The Kier molecular flexibility index (Phi) is 4.19. The Morgan fingerprint density at radius 3 is 1.30 bits per heavy atom. The van der Waals surface area contributed by atoms with Crippen molar-refractivity contribution in [2.75, 3.05) is 12.3 Å². The van der Waals surface area contributed by atoms with E-state index in [2.05, 4.69) is 18.5 Å². The van der Waals surface area contributed by atoms with Crippen LogP contribution in [0, 0.1) is 11.8 Å². The molecule has 0 N–H and O–H groups in total. The van der Waals surface area contributed by atoms with Crippen molar-refractivity contribution in [2.45, 2.75) is 25.7 Å². The molecule has 0 saturated heterocycles. The molecule has 1 fully saturated rings. The normalized spacial score (nSPS) is 34.2. The van der Waals surface area contributed by atoms with Crippen LogP contribution < -0.4 is 0 Å². The predicted octanol–water partition coefficient (Wildman–Crippen LogP) is 2.54. The smallest absolute Gasteiger partial charge is 0.0353 e. The van der Waals surface area contributed by atoms with Crippen LogP contribution in [0.3, 0.4) is 0 Å². The van der Waals surface area contributed by atoms with Crippen molar-refractivity contribution in [2.24, 2.45) is 11.8 Å². The second kappa shape index (κ2) is 4.68. The number of hydrogen-bond donors (Lipinski definition) is 0. The Bertz CT molecular complexity index is 73.3. The minimum absolute atomic E-state index is 1.03. The van der Waals surface area contributed by atoms with E-state index in [0.717, 1.165) is 11.8 Å². The lowest BCUT2D eigenvalue weighted by Gasteiger charge is -2.26. The highest BCUT2D eigenvalue weighted by Crippen LogP contribution is 2.30. The van der Waals surface area contributed by atoms with Crippen LogP contribution >= 0.6 is 18.5 Å². The Morgan fingerprint density at radius 1 is 0.800 bits per heavy atom. The zero-order valence-corrected chi connectivity index (χ0v) is 8.86. The van der Waals surface area contributed by atoms with E-state index in [1.807, 2.05) is 0 Å². The van der Waals surface area contributed by atoms with Crippen LogP contribution in [0.25, 0.3) is 0 Å². The van der Waals surface area contributed by atoms with E-state index < -0.39 is 0 Å². The highest BCUT2D eigenvalue weighted by Gasteiger charge is 2.17. The lowest BCUT2D eigenvalue weighted by molar-refractivity contribution is 0.315. The summed E-state index contributed by atoms with van der Waals surface area (Å²) in [7, 11) is 5.74. The van der Waals surface area contributed by atoms with Gasteiger partial charge in [-0.05, 0) is 49.8 Å². The maximum atomic E-state index is 2.87. The molecule has 60 valence electrons. The maximum Gasteiger partial charge on any atom is -0.0353 e. The molecule has 0 aromatic carbocycles. The molecular weight excluding hydrogens is 158 g/mol. The summed E-state index contributed by atoms with van der Waals surface area (Å²) in [5.74, 6) is 2.05. The fourth-order valence-corrected chi connectivity index (χ4v) is 2.65. The van der Waals surface area contributed by atoms with E-state index in [4.69, 9.17) is 0 Å². The molecule has 1 aliphatic rings. The van der Waals surface area contributed by atoms with Crippen LogP contribution in [-0.4, -0.2) is 12.3 Å². The van der Waals surface area contributed by atoms with E-state index in [9.17, 15) is 0 Å². The van der Waals surface area contributed by atoms with Gasteiger partial charge in [0, 0.05) is 0 Å². The molecular formula is C8H18P2. The molecule has 0 heterocycles. The van der Waals surface area contributed by atoms with Gasteiger partial charge in [0.2, 0.25) is 0 Å². The highest BCUT2D eigenvalue weighted by molar-refractivity contribution is 7.16. The molecule has 0 bridgehead atoms. The third-order valence-electron chi connectivity index (χ3n) is 2.63. The van der Waals surface area contributed by atoms with E-state index in [-0.39, 0.29) is 0 Å². The zero-order chi connectivity index (χ0) is 7.40. The summed E-state index contributed by atoms with van der Waals surface area (Å²) in [6.07, 6.45) is 8.55. The Hall–Kier alpha value is 0.860. The van der Waals surface area contributed by atoms with Gasteiger partial charge in [0.05, 0.1) is 0 Å². The topological polar surface area (TPSA) is 0 Å². The third kappa shape index (κ3) is 2.48. The summed E-state index contributed by atoms with van der Waals surface area (Å²) >= 11 is 0. The largest absolute Gasteiger partial charge is 0.137 e. The maximum absolute atomic E-state index is 2.87. The number of hydrogen-bond acceptors (Lipinski definition) is 0. The molecule has 10 heavy (non-hydrogen) atoms. The van der Waals surface area contributed by atoms with Gasteiger partial charge in [-0.2, -0.15) is 0 Å². The average molecular weight is 176 g/mol. The highest BCUT2D eigenvalue weighted by atomic mass is 31.0. The summed E-state index contributed by atoms with van der Waals surface area (Å²) in [5.41, 5.74) is 0. The minimum atomic E-state index is 1.03. The van der Waals surface area contributed by atoms with Crippen molar-refractivity contribution in [3.05, 3.63) is 0 Å². The van der Waals surface area contributed by atoms with Crippen molar-refractivity contribution in [3.8, 4) is 0 Å². The molecule has 0 aromatic heterocycles. The summed E-state index contributed by atoms with van der Waals surface area (Å²) in [6.45, 7) is 0. The van der Waals surface area contributed by atoms with Crippen molar-refractivity contribution >= 4 is 18.5 Å². The fourth-order valence-electron chi connectivity index (χ4n) is 1.70. The third-order valence-corrected chi connectivity index (χ3v) is 3.97. The first-order valence-electron chi connectivity index (χ1n) is 4.27. The summed E-state index contributed by atoms with van der Waals surface area (Å²) in [5, 5.41) is 0. The quantitative estimate of drug-likeness (QED) is 0.567. The molecule has 2 heteroatoms. The Balaban J connectivity index is 2.17. The zero-order valence-electron chi connectivity index (χ0n) is 6.55. The molecule has 0 aromatic rings. The van der Waals surface area contributed by atoms with Gasteiger partial charge in [-0.15, -0.1) is 18.5 Å². The van der Waals surface area contributed by atoms with Gasteiger partial charge in [0.1, 0.15) is 0 Å². The molecule has 0 radical (unpaired) electrons. The van der Waals surface area contributed by atoms with Crippen LogP contribution in [0.15, 0.2) is 0 Å². The summed E-state index contributed by atoms with van der Waals surface area (Å²) in [4.78, 5) is 0. The van der Waals surface area contributed by atoms with Gasteiger partial charge in [-0.1, -0.05) is 0 Å². The monoisotopic (exact) mass is 176 g/mol. The number of rotatable bonds is 2. The standard InChI is InChI=1S/C8H18P2/c9-5-7-1-2-8(6-10)4-3-7/h7-8H,1-6,9-10H2. The van der Waals surface area contributed by atoms with E-state index >= 15 is 0 Å². The van der Waals surface area contributed by atoms with Crippen molar-refractivity contribution in [1.82, 2.24) is 0 Å². The SMILES string of the molecule is PCC1CCC(CP)CC1. The van der Waals surface area contributed by atoms with Crippen LogP contribution in [-0.2, 0) is 0 Å². The molecule has 2 atom stereocenters. The molecule has 0 aliphatic heterocycles. The molecule has 1 rings (SSSR count). The summed E-state index contributed by atoms with van der Waals surface area (Å²) in [6, 6.07) is 0. The Labute approximate surface area is 68.9 Å². The van der Waals surface area contributed by atoms with E-state index in [0.29, 0.717) is 0 Å². The van der Waals surface area contributed by atoms with Crippen molar-refractivity contribution in [3.63, 3.8) is 0 Å². The second-order valence-electron chi connectivity index (χ2n) is 3.36. The van der Waals surface area contributed by atoms with Crippen molar-refractivity contribution < 1.29 is 0 Å². The van der Waals surface area contributed by atoms with Gasteiger partial charge in [0.15, 0.2) is 0 Å². The predicted molar refractivity (Wildman–Crippen MR) is 54.6 cm³/mol. The van der Waals surface area contributed by atoms with Gasteiger partial charge in [0.25, 0.3) is 0 Å². The summed E-state index contributed by atoms with van der Waals surface area (Å²) < 4.78 is 0. The van der Waals surface area contributed by atoms with E-state index in [1.54, 1.807) is 0 Å². The first-order valence-corrected chi connectivity index (χ1v) is 5.90. The molecule has 1 aliphatic carbocycles. The van der Waals surface area contributed by atoms with Crippen LogP contribution in [0.1, 0.15) is 25.7 Å². The second-order valence-corrected chi connectivity index (χ2v) is 4.30. The van der Waals surface area contributed by atoms with Gasteiger partial charge >= 0.3 is 0 Å². The van der Waals surface area contributed by atoms with Gasteiger partial charge < -0.3 is 0 Å². The molecule has 0 nitrogen and oxygen atoms in total. The molecule has 0 amide bonds. The minimum Gasteiger partial charge on any atom is -0.137 e. The molecule has 0 spiro atoms. The molecule has 1 saturated carbocycles. The average Bonchev–Trinajstić information content (AvgIpc) is 2.05. The van der Waals surface area contributed by atoms with Gasteiger partial charge in [-0.3, -0.25) is 0 Å². The van der Waals surface area contributed by atoms with Crippen LogP contribution in [0.2, 0.25) is 0 Å². The first kappa shape index (κ1) is 8.95. The fraction of sp³-hybridized carbons (Fsp3) is 1.00. The van der Waals surface area contributed by atoms with Crippen LogP contribution in [0.4, 0.5) is 0 Å². The lowest BCUT2D eigenvalue weighted by Crippen LogP contribution is -2.15. The first-order chi connectivity index (χ1) is 4.86. The van der Waals surface area contributed by atoms with E-state index in [1.165, 1.54) is 38.0 Å². The van der Waals surface area contributed by atoms with Crippen molar-refractivity contribution in [1.29, 1.82) is 0 Å². The Morgan fingerprint density at radius 2 is 1.10 bits per heavy atom.